The molecule has 1 heterocycles. The third-order valence-electron chi connectivity index (χ3n) is 3.19. The fourth-order valence-electron chi connectivity index (χ4n) is 2.08. The van der Waals surface area contributed by atoms with Crippen LogP contribution in [0.2, 0.25) is 0 Å². The molecule has 1 fully saturated rings. The molecule has 1 aromatic rings. The monoisotopic (exact) mass is 250 g/mol. The van der Waals surface area contributed by atoms with Gasteiger partial charge in [0.15, 0.2) is 0 Å². The molecule has 0 aromatic heterocycles. The van der Waals surface area contributed by atoms with E-state index in [0.29, 0.717) is 11.6 Å². The summed E-state index contributed by atoms with van der Waals surface area (Å²) in [5.41, 5.74) is 7.27. The molecule has 0 spiro atoms. The van der Waals surface area contributed by atoms with Gasteiger partial charge in [0.25, 0.3) is 0 Å². The van der Waals surface area contributed by atoms with Crippen LogP contribution in [0.4, 0.5) is 11.4 Å². The maximum absolute atomic E-state index is 10.8. The molecule has 98 valence electrons. The number of benzene rings is 1. The van der Waals surface area contributed by atoms with Gasteiger partial charge < -0.3 is 20.9 Å². The number of hydrogen-bond acceptors (Lipinski definition) is 4. The Kier molecular flexibility index (Phi) is 4.04. The second-order valence-electron chi connectivity index (χ2n) is 4.55. The van der Waals surface area contributed by atoms with Crippen molar-refractivity contribution in [2.75, 3.05) is 30.8 Å². The van der Waals surface area contributed by atoms with Gasteiger partial charge in [-0.15, -0.1) is 0 Å². The van der Waals surface area contributed by atoms with Gasteiger partial charge in [0.1, 0.15) is 0 Å². The van der Waals surface area contributed by atoms with E-state index in [2.05, 4.69) is 5.32 Å². The minimum absolute atomic E-state index is 0.210. The number of nitrogen functional groups attached to an aromatic ring is 1. The van der Waals surface area contributed by atoms with Gasteiger partial charge >= 0.3 is 5.97 Å². The molecule has 0 amide bonds. The molecular weight excluding hydrogens is 232 g/mol. The topological polar surface area (TPSA) is 84.6 Å². The zero-order chi connectivity index (χ0) is 13.0. The number of carbonyl (C=O) groups is 1. The third-order valence-corrected chi connectivity index (χ3v) is 3.19. The quantitative estimate of drug-likeness (QED) is 0.694. The van der Waals surface area contributed by atoms with E-state index in [1.54, 1.807) is 12.1 Å². The van der Waals surface area contributed by atoms with Gasteiger partial charge in [0.2, 0.25) is 0 Å². The van der Waals surface area contributed by atoms with Crippen LogP contribution >= 0.6 is 0 Å². The maximum Gasteiger partial charge on any atom is 0.335 e. The van der Waals surface area contributed by atoms with Crippen molar-refractivity contribution in [1.82, 2.24) is 0 Å². The van der Waals surface area contributed by atoms with Crippen LogP contribution in [0, 0.1) is 5.92 Å². The second-order valence-corrected chi connectivity index (χ2v) is 4.55. The number of rotatable bonds is 5. The van der Waals surface area contributed by atoms with E-state index in [4.69, 9.17) is 15.6 Å². The molecule has 0 saturated carbocycles. The van der Waals surface area contributed by atoms with E-state index in [1.807, 2.05) is 0 Å². The van der Waals surface area contributed by atoms with Gasteiger partial charge in [0.05, 0.1) is 16.9 Å². The van der Waals surface area contributed by atoms with Gasteiger partial charge in [-0.2, -0.15) is 0 Å². The second kappa shape index (κ2) is 5.73. The molecule has 1 aromatic carbocycles. The Hall–Kier alpha value is -1.75. The number of aromatic carboxylic acids is 1. The third kappa shape index (κ3) is 3.13. The fraction of sp³-hybridized carbons (Fsp3) is 0.462. The van der Waals surface area contributed by atoms with Crippen molar-refractivity contribution >= 4 is 17.3 Å². The van der Waals surface area contributed by atoms with Crippen molar-refractivity contribution < 1.29 is 14.6 Å². The highest BCUT2D eigenvalue weighted by molar-refractivity contribution is 5.90. The normalized spacial score (nSPS) is 18.8. The van der Waals surface area contributed by atoms with Crippen LogP contribution in [0.15, 0.2) is 18.2 Å². The number of carboxylic acids is 1. The molecular formula is C13H18N2O3. The molecule has 2 rings (SSSR count). The summed E-state index contributed by atoms with van der Waals surface area (Å²) in [5, 5.41) is 12.1. The van der Waals surface area contributed by atoms with E-state index < -0.39 is 5.97 Å². The highest BCUT2D eigenvalue weighted by atomic mass is 16.5. The molecule has 1 atom stereocenters. The van der Waals surface area contributed by atoms with Crippen molar-refractivity contribution in [3.05, 3.63) is 23.8 Å². The molecule has 0 aliphatic carbocycles. The summed E-state index contributed by atoms with van der Waals surface area (Å²) in [6.45, 7) is 2.53. The van der Waals surface area contributed by atoms with Gasteiger partial charge in [-0.25, -0.2) is 4.79 Å². The molecule has 1 aliphatic heterocycles. The number of nitrogens with two attached hydrogens (primary N) is 1. The lowest BCUT2D eigenvalue weighted by Crippen LogP contribution is -2.10. The molecule has 1 unspecified atom stereocenters. The minimum atomic E-state index is -0.962. The van der Waals surface area contributed by atoms with Gasteiger partial charge in [-0.3, -0.25) is 0 Å². The molecule has 1 saturated heterocycles. The van der Waals surface area contributed by atoms with Crippen molar-refractivity contribution in [3.63, 3.8) is 0 Å². The highest BCUT2D eigenvalue weighted by Gasteiger charge is 2.15. The predicted molar refractivity (Wildman–Crippen MR) is 69.8 cm³/mol. The van der Waals surface area contributed by atoms with Crippen molar-refractivity contribution in [1.29, 1.82) is 0 Å². The van der Waals surface area contributed by atoms with E-state index in [0.717, 1.165) is 38.3 Å². The summed E-state index contributed by atoms with van der Waals surface area (Å²) in [4.78, 5) is 10.8. The lowest BCUT2D eigenvalue weighted by molar-refractivity contribution is 0.0697. The standard InChI is InChI=1S/C13H18N2O3/c14-11-7-10(13(16)17)1-2-12(11)15-5-3-9-4-6-18-8-9/h1-2,7,9,15H,3-6,8,14H2,(H,16,17). The summed E-state index contributed by atoms with van der Waals surface area (Å²) in [5.74, 6) is -0.339. The fourth-order valence-corrected chi connectivity index (χ4v) is 2.08. The zero-order valence-electron chi connectivity index (χ0n) is 10.2. The summed E-state index contributed by atoms with van der Waals surface area (Å²) in [7, 11) is 0. The Bertz CT molecular complexity index is 428. The van der Waals surface area contributed by atoms with E-state index in [9.17, 15) is 4.79 Å². The molecule has 0 bridgehead atoms. The van der Waals surface area contributed by atoms with E-state index in [1.165, 1.54) is 6.07 Å². The molecule has 5 nitrogen and oxygen atoms in total. The Morgan fingerprint density at radius 3 is 3.00 bits per heavy atom. The summed E-state index contributed by atoms with van der Waals surface area (Å²) in [6, 6.07) is 4.74. The van der Waals surface area contributed by atoms with Crippen LogP contribution in [-0.4, -0.2) is 30.8 Å². The first-order chi connectivity index (χ1) is 8.66. The predicted octanol–water partition coefficient (Wildman–Crippen LogP) is 1.81. The van der Waals surface area contributed by atoms with Crippen molar-refractivity contribution in [2.24, 2.45) is 5.92 Å². The van der Waals surface area contributed by atoms with Gasteiger partial charge in [-0.1, -0.05) is 0 Å². The highest BCUT2D eigenvalue weighted by Crippen LogP contribution is 2.21. The molecule has 0 radical (unpaired) electrons. The van der Waals surface area contributed by atoms with E-state index in [-0.39, 0.29) is 5.56 Å². The lowest BCUT2D eigenvalue weighted by atomic mass is 10.1. The molecule has 5 heteroatoms. The van der Waals surface area contributed by atoms with Crippen LogP contribution in [0.3, 0.4) is 0 Å². The van der Waals surface area contributed by atoms with Gasteiger partial charge in [-0.05, 0) is 37.0 Å². The minimum Gasteiger partial charge on any atom is -0.478 e. The number of carboxylic acid groups (broad SMARTS) is 1. The lowest BCUT2D eigenvalue weighted by Gasteiger charge is -2.12. The number of anilines is 2. The number of hydrogen-bond donors (Lipinski definition) is 3. The van der Waals surface area contributed by atoms with Crippen LogP contribution in [-0.2, 0) is 4.74 Å². The Balaban J connectivity index is 1.87. The van der Waals surface area contributed by atoms with Crippen LogP contribution in [0.5, 0.6) is 0 Å². The first-order valence-corrected chi connectivity index (χ1v) is 6.11. The Morgan fingerprint density at radius 2 is 2.39 bits per heavy atom. The summed E-state index contributed by atoms with van der Waals surface area (Å²) in [6.07, 6.45) is 2.16. The first-order valence-electron chi connectivity index (χ1n) is 6.11. The molecule has 18 heavy (non-hydrogen) atoms. The SMILES string of the molecule is Nc1cc(C(=O)O)ccc1NCCC1CCOC1. The first kappa shape index (κ1) is 12.7. The maximum atomic E-state index is 10.8. The Labute approximate surface area is 106 Å². The largest absolute Gasteiger partial charge is 0.478 e. The zero-order valence-corrected chi connectivity index (χ0v) is 10.2. The molecule has 4 N–H and O–H groups in total. The van der Waals surface area contributed by atoms with Crippen molar-refractivity contribution in [3.8, 4) is 0 Å². The van der Waals surface area contributed by atoms with Crippen molar-refractivity contribution in [2.45, 2.75) is 12.8 Å². The number of nitrogens with one attached hydrogen (secondary N) is 1. The van der Waals surface area contributed by atoms with Crippen LogP contribution in [0.1, 0.15) is 23.2 Å². The average molecular weight is 250 g/mol. The smallest absolute Gasteiger partial charge is 0.335 e. The Morgan fingerprint density at radius 1 is 1.56 bits per heavy atom. The number of ether oxygens (including phenoxy) is 1. The molecule has 1 aliphatic rings. The van der Waals surface area contributed by atoms with Gasteiger partial charge in [0, 0.05) is 19.8 Å². The summed E-state index contributed by atoms with van der Waals surface area (Å²) < 4.78 is 5.31. The van der Waals surface area contributed by atoms with Crippen LogP contribution < -0.4 is 11.1 Å². The average Bonchev–Trinajstić information content (AvgIpc) is 2.84. The summed E-state index contributed by atoms with van der Waals surface area (Å²) >= 11 is 0. The van der Waals surface area contributed by atoms with E-state index >= 15 is 0 Å². The van der Waals surface area contributed by atoms with Crippen LogP contribution in [0.25, 0.3) is 0 Å².